The van der Waals surface area contributed by atoms with Gasteiger partial charge in [-0.15, -0.1) is 0 Å². The summed E-state index contributed by atoms with van der Waals surface area (Å²) < 4.78 is 0. The van der Waals surface area contributed by atoms with Gasteiger partial charge in [-0.2, -0.15) is 0 Å². The molecule has 0 radical (unpaired) electrons. The minimum Gasteiger partial charge on any atom is -0.0745 e. The number of unbranched alkanes of at least 4 members (excludes halogenated alkanes) is 24. The van der Waals surface area contributed by atoms with E-state index in [1.54, 1.807) is 0 Å². The van der Waals surface area contributed by atoms with Crippen molar-refractivity contribution in [3.8, 4) is 0 Å². The summed E-state index contributed by atoms with van der Waals surface area (Å²) in [4.78, 5) is 0. The average molecular weight is 627 g/mol. The molecule has 0 aliphatic heterocycles. The molecule has 0 N–H and O–H groups in total. The van der Waals surface area contributed by atoms with Crippen LogP contribution >= 0.6 is 0 Å². The van der Waals surface area contributed by atoms with Crippen molar-refractivity contribution in [3.05, 3.63) is 24.3 Å². The molecule has 1 rings (SSSR count). The van der Waals surface area contributed by atoms with Gasteiger partial charge in [0.15, 0.2) is 0 Å². The molecular weight excluding hydrogens is 540 g/mol. The lowest BCUT2D eigenvalue weighted by atomic mass is 9.70. The van der Waals surface area contributed by atoms with Crippen LogP contribution in [0.25, 0.3) is 0 Å². The Balaban J connectivity index is 2.72. The normalized spacial score (nSPS) is 15.3. The highest BCUT2D eigenvalue weighted by molar-refractivity contribution is 5.25. The highest BCUT2D eigenvalue weighted by Gasteiger charge is 2.32. The van der Waals surface area contributed by atoms with Gasteiger partial charge < -0.3 is 0 Å². The molecule has 0 amide bonds. The van der Waals surface area contributed by atoms with E-state index in [0.29, 0.717) is 5.41 Å². The van der Waals surface area contributed by atoms with E-state index in [9.17, 15) is 0 Å². The summed E-state index contributed by atoms with van der Waals surface area (Å²) in [6, 6.07) is 0. The molecule has 0 spiro atoms. The van der Waals surface area contributed by atoms with E-state index in [-0.39, 0.29) is 0 Å². The third kappa shape index (κ3) is 25.2. The van der Waals surface area contributed by atoms with Crippen LogP contribution in [0.5, 0.6) is 0 Å². The van der Waals surface area contributed by atoms with Gasteiger partial charge in [0.2, 0.25) is 0 Å². The third-order valence-electron chi connectivity index (χ3n) is 11.2. The zero-order chi connectivity index (χ0) is 32.5. The van der Waals surface area contributed by atoms with Gasteiger partial charge in [-0.25, -0.2) is 0 Å². The second kappa shape index (κ2) is 32.0. The number of hydrogen-bond acceptors (Lipinski definition) is 0. The van der Waals surface area contributed by atoms with Crippen LogP contribution in [0.3, 0.4) is 0 Å². The largest absolute Gasteiger partial charge is 0.0745 e. The zero-order valence-electron chi connectivity index (χ0n) is 32.0. The molecular formula is C45H86. The molecule has 266 valence electrons. The Morgan fingerprint density at radius 3 is 0.778 bits per heavy atom. The van der Waals surface area contributed by atoms with E-state index < -0.39 is 0 Å². The standard InChI is InChI=1S/C45H86/c1-5-9-13-17-21-23-27-31-37-43(35-29-25-19-15-11-7-3)41-45(39-33-34-40-45)42-44(36-30-26-20-16-12-8-4)38-32-28-24-22-18-14-10-6-2/h33-34,39-40,43-44H,5-32,35-38,41-42H2,1-4H3. The summed E-state index contributed by atoms with van der Waals surface area (Å²) in [6.07, 6.45) is 59.4. The average Bonchev–Trinajstić information content (AvgIpc) is 3.50. The van der Waals surface area contributed by atoms with Crippen LogP contribution in [0.4, 0.5) is 0 Å². The van der Waals surface area contributed by atoms with Crippen molar-refractivity contribution < 1.29 is 0 Å². The van der Waals surface area contributed by atoms with E-state index in [1.165, 1.54) is 218 Å². The maximum absolute atomic E-state index is 2.66. The van der Waals surface area contributed by atoms with E-state index in [1.807, 2.05) is 0 Å². The Kier molecular flexibility index (Phi) is 30.3. The summed E-state index contributed by atoms with van der Waals surface area (Å²) in [6.45, 7) is 9.35. The Morgan fingerprint density at radius 1 is 0.311 bits per heavy atom. The van der Waals surface area contributed by atoms with Crippen molar-refractivity contribution in [2.24, 2.45) is 17.3 Å². The first-order valence-electron chi connectivity index (χ1n) is 21.6. The first-order valence-corrected chi connectivity index (χ1v) is 21.6. The fourth-order valence-electron chi connectivity index (χ4n) is 8.24. The molecule has 0 heterocycles. The molecule has 0 saturated heterocycles. The predicted octanol–water partition coefficient (Wildman–Crippen LogP) is 16.7. The highest BCUT2D eigenvalue weighted by Crippen LogP contribution is 2.44. The van der Waals surface area contributed by atoms with Gasteiger partial charge >= 0.3 is 0 Å². The van der Waals surface area contributed by atoms with Crippen molar-refractivity contribution in [1.29, 1.82) is 0 Å². The monoisotopic (exact) mass is 627 g/mol. The maximum Gasteiger partial charge on any atom is 0.00724 e. The summed E-state index contributed by atoms with van der Waals surface area (Å²) in [5.74, 6) is 1.84. The second-order valence-corrected chi connectivity index (χ2v) is 15.7. The van der Waals surface area contributed by atoms with Gasteiger partial charge in [-0.3, -0.25) is 0 Å². The molecule has 0 aromatic rings. The highest BCUT2D eigenvalue weighted by atomic mass is 14.4. The van der Waals surface area contributed by atoms with Crippen LogP contribution in [0, 0.1) is 17.3 Å². The molecule has 2 unspecified atom stereocenters. The molecule has 0 aromatic carbocycles. The molecule has 0 heteroatoms. The van der Waals surface area contributed by atoms with Gasteiger partial charge in [0.05, 0.1) is 0 Å². The molecule has 45 heavy (non-hydrogen) atoms. The number of allylic oxidation sites excluding steroid dienone is 4. The minimum absolute atomic E-state index is 0.347. The van der Waals surface area contributed by atoms with Crippen LogP contribution < -0.4 is 0 Å². The molecule has 1 aliphatic carbocycles. The minimum atomic E-state index is 0.347. The van der Waals surface area contributed by atoms with Gasteiger partial charge in [-0.05, 0) is 24.7 Å². The maximum atomic E-state index is 2.66. The second-order valence-electron chi connectivity index (χ2n) is 15.7. The molecule has 0 aromatic heterocycles. The van der Waals surface area contributed by atoms with Gasteiger partial charge in [-0.1, -0.05) is 257 Å². The van der Waals surface area contributed by atoms with E-state index >= 15 is 0 Å². The van der Waals surface area contributed by atoms with Crippen LogP contribution in [0.15, 0.2) is 24.3 Å². The number of hydrogen-bond donors (Lipinski definition) is 0. The van der Waals surface area contributed by atoms with E-state index in [4.69, 9.17) is 0 Å². The Hall–Kier alpha value is -0.520. The Morgan fingerprint density at radius 2 is 0.533 bits per heavy atom. The summed E-state index contributed by atoms with van der Waals surface area (Å²) in [5.41, 5.74) is 0.347. The third-order valence-corrected chi connectivity index (χ3v) is 11.2. The fraction of sp³-hybridized carbons (Fsp3) is 0.911. The lowest BCUT2D eigenvalue weighted by Crippen LogP contribution is -2.23. The molecule has 2 atom stereocenters. The van der Waals surface area contributed by atoms with Crippen LogP contribution in [0.1, 0.15) is 246 Å². The topological polar surface area (TPSA) is 0 Å². The van der Waals surface area contributed by atoms with Gasteiger partial charge in [0.1, 0.15) is 0 Å². The van der Waals surface area contributed by atoms with E-state index in [2.05, 4.69) is 52.0 Å². The predicted molar refractivity (Wildman–Crippen MR) is 207 cm³/mol. The summed E-state index contributed by atoms with van der Waals surface area (Å²) >= 11 is 0. The van der Waals surface area contributed by atoms with Crippen molar-refractivity contribution in [2.75, 3.05) is 0 Å². The van der Waals surface area contributed by atoms with E-state index in [0.717, 1.165) is 11.8 Å². The van der Waals surface area contributed by atoms with Crippen molar-refractivity contribution in [3.63, 3.8) is 0 Å². The molecule has 0 nitrogen and oxygen atoms in total. The van der Waals surface area contributed by atoms with Gasteiger partial charge in [0, 0.05) is 5.41 Å². The smallest absolute Gasteiger partial charge is 0.00724 e. The Labute approximate surface area is 286 Å². The number of rotatable bonds is 36. The molecule has 0 bridgehead atoms. The fourth-order valence-corrected chi connectivity index (χ4v) is 8.24. The van der Waals surface area contributed by atoms with Crippen LogP contribution in [-0.4, -0.2) is 0 Å². The van der Waals surface area contributed by atoms with Crippen molar-refractivity contribution >= 4 is 0 Å². The molecule has 0 fully saturated rings. The van der Waals surface area contributed by atoms with Crippen molar-refractivity contribution in [2.45, 2.75) is 246 Å². The van der Waals surface area contributed by atoms with Gasteiger partial charge in [0.25, 0.3) is 0 Å². The quantitative estimate of drug-likeness (QED) is 0.0607. The summed E-state index contributed by atoms with van der Waals surface area (Å²) in [5, 5.41) is 0. The SMILES string of the molecule is CCCCCCCCCCC(CCCCCCCC)CC1(CC(CCCCCCCC)CCCCCCCCCC)C=CC=C1. The first kappa shape index (κ1) is 42.5. The lowest BCUT2D eigenvalue weighted by Gasteiger charge is -2.34. The summed E-state index contributed by atoms with van der Waals surface area (Å²) in [7, 11) is 0. The molecule has 0 saturated carbocycles. The zero-order valence-corrected chi connectivity index (χ0v) is 32.0. The first-order chi connectivity index (χ1) is 22.2. The van der Waals surface area contributed by atoms with Crippen LogP contribution in [-0.2, 0) is 0 Å². The lowest BCUT2D eigenvalue weighted by molar-refractivity contribution is 0.234. The molecule has 1 aliphatic rings. The Bertz CT molecular complexity index is 584. The van der Waals surface area contributed by atoms with Crippen molar-refractivity contribution in [1.82, 2.24) is 0 Å². The van der Waals surface area contributed by atoms with Crippen LogP contribution in [0.2, 0.25) is 0 Å².